The molecular weight excluding hydrogens is 390 g/mol. The van der Waals surface area contributed by atoms with Crippen LogP contribution in [0.1, 0.15) is 25.0 Å². The summed E-state index contributed by atoms with van der Waals surface area (Å²) in [7, 11) is -2.35. The summed E-state index contributed by atoms with van der Waals surface area (Å²) in [5, 5.41) is 0. The molecule has 2 atom stereocenters. The van der Waals surface area contributed by atoms with Crippen LogP contribution in [0.2, 0.25) is 0 Å². The highest BCUT2D eigenvalue weighted by Gasteiger charge is 2.33. The summed E-state index contributed by atoms with van der Waals surface area (Å²) in [4.78, 5) is 12.7. The van der Waals surface area contributed by atoms with Gasteiger partial charge in [-0.05, 0) is 49.2 Å². The molecule has 0 radical (unpaired) electrons. The third kappa shape index (κ3) is 5.68. The maximum atomic E-state index is 12.8. The summed E-state index contributed by atoms with van der Waals surface area (Å²) in [6, 6.07) is 12.5. The van der Waals surface area contributed by atoms with Crippen LogP contribution < -0.4 is 9.46 Å². The number of benzene rings is 2. The number of rotatable bonds is 9. The monoisotopic (exact) mass is 417 g/mol. The van der Waals surface area contributed by atoms with Gasteiger partial charge in [-0.15, -0.1) is 0 Å². The fraction of sp³-hybridized carbons (Fsp3) is 0.318. The highest BCUT2D eigenvalue weighted by atomic mass is 32.2. The first-order chi connectivity index (χ1) is 13.7. The Balaban J connectivity index is 2.32. The van der Waals surface area contributed by atoms with Crippen molar-refractivity contribution in [1.29, 1.82) is 0 Å². The molecule has 7 heteroatoms. The van der Waals surface area contributed by atoms with Gasteiger partial charge in [-0.3, -0.25) is 4.79 Å². The van der Waals surface area contributed by atoms with E-state index in [0.29, 0.717) is 11.3 Å². The Morgan fingerprint density at radius 1 is 1.10 bits per heavy atom. The molecule has 0 saturated carbocycles. The van der Waals surface area contributed by atoms with Crippen LogP contribution in [-0.2, 0) is 19.6 Å². The van der Waals surface area contributed by atoms with Crippen molar-refractivity contribution in [3.8, 4) is 5.75 Å². The van der Waals surface area contributed by atoms with Gasteiger partial charge in [0.15, 0.2) is 0 Å². The predicted molar refractivity (Wildman–Crippen MR) is 113 cm³/mol. The molecular formula is C22H27NO5S. The second-order valence-electron chi connectivity index (χ2n) is 6.71. The lowest BCUT2D eigenvalue weighted by Crippen LogP contribution is -2.46. The standard InChI is InChI=1S/C22H27NO5S/c1-6-28-22(24)21(23-29(25,26)20-13-7-15(2)8-14-20)17(4)16(3)18-9-11-19(27-5)12-10-18/h7-14,17,21,23H,3,6H2,1-2,4-5H3/t17-,21+/m1/s1. The second-order valence-corrected chi connectivity index (χ2v) is 8.42. The summed E-state index contributed by atoms with van der Waals surface area (Å²) < 4.78 is 38.5. The zero-order valence-corrected chi connectivity index (χ0v) is 18.0. The molecule has 156 valence electrons. The van der Waals surface area contributed by atoms with Gasteiger partial charge in [-0.25, -0.2) is 8.42 Å². The van der Waals surface area contributed by atoms with Crippen LogP contribution in [0.3, 0.4) is 0 Å². The molecule has 0 aliphatic heterocycles. The average molecular weight is 418 g/mol. The second kappa shape index (κ2) is 9.71. The van der Waals surface area contributed by atoms with Gasteiger partial charge in [0, 0.05) is 5.92 Å². The number of esters is 1. The fourth-order valence-corrected chi connectivity index (χ4v) is 4.07. The summed E-state index contributed by atoms with van der Waals surface area (Å²) in [5.41, 5.74) is 2.33. The molecule has 0 spiro atoms. The van der Waals surface area contributed by atoms with E-state index < -0.39 is 28.0 Å². The van der Waals surface area contributed by atoms with Crippen molar-refractivity contribution in [2.75, 3.05) is 13.7 Å². The molecule has 2 rings (SSSR count). The minimum atomic E-state index is -3.92. The number of carbonyl (C=O) groups excluding carboxylic acids is 1. The Labute approximate surface area is 172 Å². The number of aryl methyl sites for hydroxylation is 1. The smallest absolute Gasteiger partial charge is 0.324 e. The van der Waals surface area contributed by atoms with E-state index in [1.54, 1.807) is 45.2 Å². The van der Waals surface area contributed by atoms with Crippen LogP contribution in [0, 0.1) is 12.8 Å². The van der Waals surface area contributed by atoms with Crippen LogP contribution in [0.15, 0.2) is 60.0 Å². The topological polar surface area (TPSA) is 81.7 Å². The summed E-state index contributed by atoms with van der Waals surface area (Å²) in [6.07, 6.45) is 0. The van der Waals surface area contributed by atoms with Gasteiger partial charge in [0.1, 0.15) is 11.8 Å². The van der Waals surface area contributed by atoms with E-state index in [4.69, 9.17) is 9.47 Å². The predicted octanol–water partition coefficient (Wildman–Crippen LogP) is 3.56. The fourth-order valence-electron chi connectivity index (χ4n) is 2.81. The van der Waals surface area contributed by atoms with Crippen LogP contribution in [-0.4, -0.2) is 34.1 Å². The van der Waals surface area contributed by atoms with Crippen LogP contribution in [0.25, 0.3) is 5.57 Å². The van der Waals surface area contributed by atoms with E-state index in [0.717, 1.165) is 11.1 Å². The van der Waals surface area contributed by atoms with Crippen molar-refractivity contribution in [3.63, 3.8) is 0 Å². The number of nitrogens with one attached hydrogen (secondary N) is 1. The maximum Gasteiger partial charge on any atom is 0.324 e. The molecule has 0 aliphatic rings. The molecule has 0 heterocycles. The van der Waals surface area contributed by atoms with E-state index in [9.17, 15) is 13.2 Å². The summed E-state index contributed by atoms with van der Waals surface area (Å²) >= 11 is 0. The quantitative estimate of drug-likeness (QED) is 0.631. The maximum absolute atomic E-state index is 12.8. The molecule has 2 aromatic rings. The highest BCUT2D eigenvalue weighted by Crippen LogP contribution is 2.27. The molecule has 6 nitrogen and oxygen atoms in total. The van der Waals surface area contributed by atoms with Crippen LogP contribution in [0.5, 0.6) is 5.75 Å². The van der Waals surface area contributed by atoms with Gasteiger partial charge in [0.25, 0.3) is 0 Å². The molecule has 1 N–H and O–H groups in total. The Morgan fingerprint density at radius 3 is 2.21 bits per heavy atom. The number of hydrogen-bond donors (Lipinski definition) is 1. The number of carbonyl (C=O) groups is 1. The molecule has 0 bridgehead atoms. The first-order valence-electron chi connectivity index (χ1n) is 9.28. The Hall–Kier alpha value is -2.64. The third-order valence-corrected chi connectivity index (χ3v) is 6.12. The lowest BCUT2D eigenvalue weighted by Gasteiger charge is -2.25. The molecule has 0 saturated heterocycles. The van der Waals surface area contributed by atoms with E-state index in [1.807, 2.05) is 19.1 Å². The summed E-state index contributed by atoms with van der Waals surface area (Å²) in [5.74, 6) is -0.496. The molecule has 0 unspecified atom stereocenters. The lowest BCUT2D eigenvalue weighted by atomic mass is 9.89. The zero-order chi connectivity index (χ0) is 21.6. The van der Waals surface area contributed by atoms with Crippen LogP contribution >= 0.6 is 0 Å². The molecule has 0 aromatic heterocycles. The molecule has 0 aliphatic carbocycles. The molecule has 2 aromatic carbocycles. The van der Waals surface area contributed by atoms with Crippen molar-refractivity contribution in [1.82, 2.24) is 4.72 Å². The lowest BCUT2D eigenvalue weighted by molar-refractivity contribution is -0.145. The highest BCUT2D eigenvalue weighted by molar-refractivity contribution is 7.89. The van der Waals surface area contributed by atoms with Gasteiger partial charge < -0.3 is 9.47 Å². The zero-order valence-electron chi connectivity index (χ0n) is 17.1. The van der Waals surface area contributed by atoms with Crippen molar-refractivity contribution in [2.45, 2.75) is 31.7 Å². The van der Waals surface area contributed by atoms with Gasteiger partial charge in [-0.1, -0.05) is 43.3 Å². The third-order valence-electron chi connectivity index (χ3n) is 4.66. The first kappa shape index (κ1) is 22.6. The van der Waals surface area contributed by atoms with E-state index in [1.165, 1.54) is 12.1 Å². The Morgan fingerprint density at radius 2 is 1.69 bits per heavy atom. The Bertz CT molecular complexity index is 950. The van der Waals surface area contributed by atoms with Gasteiger partial charge in [0.2, 0.25) is 10.0 Å². The molecule has 0 amide bonds. The SMILES string of the molecule is C=C(c1ccc(OC)cc1)[C@@H](C)[C@H](NS(=O)(=O)c1ccc(C)cc1)C(=O)OCC. The summed E-state index contributed by atoms with van der Waals surface area (Å²) in [6.45, 7) is 9.50. The average Bonchev–Trinajstić information content (AvgIpc) is 2.71. The number of methoxy groups -OCH3 is 1. The number of hydrogen-bond acceptors (Lipinski definition) is 5. The first-order valence-corrected chi connectivity index (χ1v) is 10.8. The van der Waals surface area contributed by atoms with Crippen molar-refractivity contribution < 1.29 is 22.7 Å². The minimum Gasteiger partial charge on any atom is -0.497 e. The van der Waals surface area contributed by atoms with Gasteiger partial charge in [-0.2, -0.15) is 4.72 Å². The van der Waals surface area contributed by atoms with Gasteiger partial charge >= 0.3 is 5.97 Å². The van der Waals surface area contributed by atoms with E-state index >= 15 is 0 Å². The number of ether oxygens (including phenoxy) is 2. The van der Waals surface area contributed by atoms with E-state index in [-0.39, 0.29) is 11.5 Å². The van der Waals surface area contributed by atoms with Crippen molar-refractivity contribution in [2.24, 2.45) is 5.92 Å². The minimum absolute atomic E-state index is 0.0830. The van der Waals surface area contributed by atoms with Crippen LogP contribution in [0.4, 0.5) is 0 Å². The number of sulfonamides is 1. The largest absolute Gasteiger partial charge is 0.497 e. The van der Waals surface area contributed by atoms with Crippen molar-refractivity contribution >= 4 is 21.6 Å². The Kier molecular flexibility index (Phi) is 7.59. The molecule has 29 heavy (non-hydrogen) atoms. The van der Waals surface area contributed by atoms with Crippen molar-refractivity contribution in [3.05, 3.63) is 66.2 Å². The van der Waals surface area contributed by atoms with Gasteiger partial charge in [0.05, 0.1) is 18.6 Å². The van der Waals surface area contributed by atoms with E-state index in [2.05, 4.69) is 11.3 Å². The normalized spacial score (nSPS) is 13.4. The molecule has 0 fully saturated rings.